The van der Waals surface area contributed by atoms with Crippen LogP contribution in [0.15, 0.2) is 11.8 Å². The molecule has 0 spiro atoms. The van der Waals surface area contributed by atoms with Crippen molar-refractivity contribution in [3.05, 3.63) is 11.8 Å². The van der Waals surface area contributed by atoms with E-state index >= 15 is 0 Å². The SMILES string of the molecule is CCOC1=CC(=O)S[C@H]1C. The van der Waals surface area contributed by atoms with E-state index in [0.717, 1.165) is 5.76 Å². The fourth-order valence-corrected chi connectivity index (χ4v) is 1.61. The van der Waals surface area contributed by atoms with Gasteiger partial charge in [0.05, 0.1) is 11.9 Å². The van der Waals surface area contributed by atoms with E-state index in [1.165, 1.54) is 11.8 Å². The number of carbonyl (C=O) groups excluding carboxylic acids is 1. The number of ether oxygens (including phenoxy) is 1. The van der Waals surface area contributed by atoms with Crippen molar-refractivity contribution >= 4 is 16.9 Å². The average molecular weight is 158 g/mol. The lowest BCUT2D eigenvalue weighted by molar-refractivity contribution is -0.107. The van der Waals surface area contributed by atoms with Crippen LogP contribution in [0.4, 0.5) is 0 Å². The zero-order valence-electron chi connectivity index (χ0n) is 6.09. The van der Waals surface area contributed by atoms with Crippen LogP contribution in [0.3, 0.4) is 0 Å². The molecule has 0 N–H and O–H groups in total. The van der Waals surface area contributed by atoms with Crippen molar-refractivity contribution < 1.29 is 9.53 Å². The molecule has 0 aromatic rings. The third-order valence-electron chi connectivity index (χ3n) is 1.26. The van der Waals surface area contributed by atoms with Crippen molar-refractivity contribution in [2.45, 2.75) is 19.1 Å². The minimum absolute atomic E-state index is 0.107. The zero-order valence-corrected chi connectivity index (χ0v) is 6.90. The summed E-state index contributed by atoms with van der Waals surface area (Å²) in [5, 5.41) is 0.323. The van der Waals surface area contributed by atoms with Gasteiger partial charge < -0.3 is 4.74 Å². The maximum absolute atomic E-state index is 10.7. The van der Waals surface area contributed by atoms with Gasteiger partial charge in [0.15, 0.2) is 0 Å². The number of rotatable bonds is 2. The van der Waals surface area contributed by atoms with Crippen molar-refractivity contribution in [1.82, 2.24) is 0 Å². The molecule has 0 saturated heterocycles. The van der Waals surface area contributed by atoms with Gasteiger partial charge >= 0.3 is 0 Å². The predicted molar refractivity (Wildman–Crippen MR) is 41.8 cm³/mol. The first-order valence-corrected chi connectivity index (χ1v) is 4.17. The quantitative estimate of drug-likeness (QED) is 0.610. The molecule has 1 heterocycles. The van der Waals surface area contributed by atoms with Gasteiger partial charge in [-0.2, -0.15) is 0 Å². The number of carbonyl (C=O) groups is 1. The second-order valence-corrected chi connectivity index (χ2v) is 3.40. The number of hydrogen-bond donors (Lipinski definition) is 0. The first-order chi connectivity index (χ1) is 4.74. The molecule has 1 aliphatic rings. The number of hydrogen-bond acceptors (Lipinski definition) is 3. The van der Waals surface area contributed by atoms with Gasteiger partial charge in [0.2, 0.25) is 5.12 Å². The molecule has 0 saturated carbocycles. The van der Waals surface area contributed by atoms with E-state index in [0.29, 0.717) is 6.61 Å². The molecule has 1 atom stereocenters. The Hall–Kier alpha value is -0.440. The molecular weight excluding hydrogens is 148 g/mol. The Morgan fingerprint density at radius 2 is 2.50 bits per heavy atom. The minimum Gasteiger partial charge on any atom is -0.497 e. The highest BCUT2D eigenvalue weighted by molar-refractivity contribution is 8.15. The van der Waals surface area contributed by atoms with Gasteiger partial charge in [-0.05, 0) is 13.8 Å². The summed E-state index contributed by atoms with van der Waals surface area (Å²) in [6.07, 6.45) is 1.57. The largest absolute Gasteiger partial charge is 0.497 e. The first kappa shape index (κ1) is 7.66. The molecule has 0 aliphatic carbocycles. The van der Waals surface area contributed by atoms with Gasteiger partial charge in [0.25, 0.3) is 0 Å². The summed E-state index contributed by atoms with van der Waals surface area (Å²) in [6, 6.07) is 0. The van der Waals surface area contributed by atoms with E-state index in [4.69, 9.17) is 4.74 Å². The van der Waals surface area contributed by atoms with Crippen LogP contribution in [0.2, 0.25) is 0 Å². The topological polar surface area (TPSA) is 26.3 Å². The molecule has 0 amide bonds. The molecule has 3 heteroatoms. The maximum atomic E-state index is 10.7. The molecule has 0 aromatic carbocycles. The van der Waals surface area contributed by atoms with Gasteiger partial charge in [-0.1, -0.05) is 11.8 Å². The monoisotopic (exact) mass is 158 g/mol. The van der Waals surface area contributed by atoms with Crippen LogP contribution in [0.1, 0.15) is 13.8 Å². The van der Waals surface area contributed by atoms with Crippen LogP contribution in [-0.2, 0) is 9.53 Å². The molecule has 0 fully saturated rings. The Bertz CT molecular complexity index is 174. The highest BCUT2D eigenvalue weighted by Crippen LogP contribution is 2.28. The normalized spacial score (nSPS) is 24.8. The second kappa shape index (κ2) is 3.10. The predicted octanol–water partition coefficient (Wildman–Crippen LogP) is 1.57. The molecule has 0 radical (unpaired) electrons. The lowest BCUT2D eigenvalue weighted by atomic mass is 10.4. The van der Waals surface area contributed by atoms with E-state index in [1.807, 2.05) is 13.8 Å². The van der Waals surface area contributed by atoms with Crippen molar-refractivity contribution in [3.63, 3.8) is 0 Å². The summed E-state index contributed by atoms with van der Waals surface area (Å²) in [4.78, 5) is 10.7. The Balaban J connectivity index is 2.56. The fourth-order valence-electron chi connectivity index (χ4n) is 0.826. The van der Waals surface area contributed by atoms with E-state index < -0.39 is 0 Å². The van der Waals surface area contributed by atoms with Crippen LogP contribution in [0.5, 0.6) is 0 Å². The highest BCUT2D eigenvalue weighted by atomic mass is 32.2. The van der Waals surface area contributed by atoms with Crippen molar-refractivity contribution in [3.8, 4) is 0 Å². The molecule has 0 bridgehead atoms. The lowest BCUT2D eigenvalue weighted by Crippen LogP contribution is -2.00. The molecule has 1 aliphatic heterocycles. The van der Waals surface area contributed by atoms with Crippen molar-refractivity contribution in [1.29, 1.82) is 0 Å². The maximum Gasteiger partial charge on any atom is 0.216 e. The van der Waals surface area contributed by atoms with Crippen molar-refractivity contribution in [2.75, 3.05) is 6.61 Å². The lowest BCUT2D eigenvalue weighted by Gasteiger charge is -2.06. The second-order valence-electron chi connectivity index (χ2n) is 2.06. The smallest absolute Gasteiger partial charge is 0.216 e. The summed E-state index contributed by atoms with van der Waals surface area (Å²) in [5.74, 6) is 0.817. The standard InChI is InChI=1S/C7H10O2S/c1-3-9-6-4-7(8)10-5(6)2/h4-5H,3H2,1-2H3/t5-/m0/s1. The van der Waals surface area contributed by atoms with Crippen LogP contribution >= 0.6 is 11.8 Å². The molecule has 0 aromatic heterocycles. The van der Waals surface area contributed by atoms with E-state index in [2.05, 4.69) is 0 Å². The summed E-state index contributed by atoms with van der Waals surface area (Å²) in [7, 11) is 0. The molecule has 56 valence electrons. The minimum atomic E-state index is 0.107. The molecule has 0 unspecified atom stereocenters. The van der Waals surface area contributed by atoms with E-state index in [9.17, 15) is 4.79 Å². The average Bonchev–Trinajstić information content (AvgIpc) is 2.13. The van der Waals surface area contributed by atoms with Crippen LogP contribution < -0.4 is 0 Å². The number of thioether (sulfide) groups is 1. The highest BCUT2D eigenvalue weighted by Gasteiger charge is 2.22. The fraction of sp³-hybridized carbons (Fsp3) is 0.571. The Morgan fingerprint density at radius 3 is 2.90 bits per heavy atom. The van der Waals surface area contributed by atoms with Crippen LogP contribution in [0, 0.1) is 0 Å². The summed E-state index contributed by atoms with van der Waals surface area (Å²) < 4.78 is 5.20. The van der Waals surface area contributed by atoms with Gasteiger partial charge in [-0.3, -0.25) is 4.79 Å². The van der Waals surface area contributed by atoms with Gasteiger partial charge in [0, 0.05) is 6.08 Å². The molecule has 2 nitrogen and oxygen atoms in total. The summed E-state index contributed by atoms with van der Waals surface area (Å²) >= 11 is 1.31. The van der Waals surface area contributed by atoms with Crippen LogP contribution in [-0.4, -0.2) is 17.0 Å². The van der Waals surface area contributed by atoms with Crippen LogP contribution in [0.25, 0.3) is 0 Å². The Kier molecular flexibility index (Phi) is 2.38. The van der Waals surface area contributed by atoms with Crippen molar-refractivity contribution in [2.24, 2.45) is 0 Å². The molecular formula is C7H10O2S. The van der Waals surface area contributed by atoms with Gasteiger partial charge in [-0.15, -0.1) is 0 Å². The summed E-state index contributed by atoms with van der Waals surface area (Å²) in [6.45, 7) is 4.53. The van der Waals surface area contributed by atoms with E-state index in [1.54, 1.807) is 6.08 Å². The van der Waals surface area contributed by atoms with Gasteiger partial charge in [-0.25, -0.2) is 0 Å². The zero-order chi connectivity index (χ0) is 7.56. The Morgan fingerprint density at radius 1 is 1.80 bits per heavy atom. The molecule has 1 rings (SSSR count). The Labute approximate surface area is 64.6 Å². The van der Waals surface area contributed by atoms with E-state index in [-0.39, 0.29) is 10.4 Å². The third-order valence-corrected chi connectivity index (χ3v) is 2.20. The molecule has 10 heavy (non-hydrogen) atoms. The third kappa shape index (κ3) is 1.53. The first-order valence-electron chi connectivity index (χ1n) is 3.29. The van der Waals surface area contributed by atoms with Gasteiger partial charge in [0.1, 0.15) is 5.76 Å². The summed E-state index contributed by atoms with van der Waals surface area (Å²) in [5.41, 5.74) is 0.